The minimum atomic E-state index is -0.548. The predicted octanol–water partition coefficient (Wildman–Crippen LogP) is 2.46. The summed E-state index contributed by atoms with van der Waals surface area (Å²) in [6.45, 7) is 11.8. The molecule has 0 aliphatic carbocycles. The molecular formula is C12H23NO2. The molecule has 15 heavy (non-hydrogen) atoms. The molecular weight excluding hydrogens is 190 g/mol. The van der Waals surface area contributed by atoms with Gasteiger partial charge in [0, 0.05) is 5.57 Å². The lowest BCUT2D eigenvalue weighted by molar-refractivity contribution is -0.143. The molecule has 3 nitrogen and oxygen atoms in total. The van der Waals surface area contributed by atoms with Crippen LogP contribution in [0.25, 0.3) is 0 Å². The molecule has 2 N–H and O–H groups in total. The highest BCUT2D eigenvalue weighted by Crippen LogP contribution is 2.24. The minimum absolute atomic E-state index is 0.303. The van der Waals surface area contributed by atoms with Crippen LogP contribution in [0, 0.1) is 11.8 Å². The predicted molar refractivity (Wildman–Crippen MR) is 62.1 cm³/mol. The first-order valence-electron chi connectivity index (χ1n) is 5.44. The Hall–Kier alpha value is -0.830. The van der Waals surface area contributed by atoms with Crippen molar-refractivity contribution in [2.75, 3.05) is 0 Å². The average Bonchev–Trinajstić information content (AvgIpc) is 2.00. The first-order chi connectivity index (χ1) is 6.77. The highest BCUT2D eigenvalue weighted by atomic mass is 16.6. The maximum absolute atomic E-state index is 11.6. The summed E-state index contributed by atoms with van der Waals surface area (Å²) in [6.07, 6.45) is -0.548. The zero-order valence-electron chi connectivity index (χ0n) is 10.6. The van der Waals surface area contributed by atoms with Gasteiger partial charge in [-0.15, -0.1) is 0 Å². The molecule has 0 amide bonds. The Kier molecular flexibility index (Phi) is 5.58. The lowest BCUT2D eigenvalue weighted by atomic mass is 9.88. The largest absolute Gasteiger partial charge is 0.444 e. The van der Waals surface area contributed by atoms with E-state index in [0.717, 1.165) is 5.57 Å². The molecule has 0 heterocycles. The number of ether oxygens (including phenoxy) is 1. The van der Waals surface area contributed by atoms with E-state index in [1.54, 1.807) is 13.8 Å². The van der Waals surface area contributed by atoms with E-state index in [9.17, 15) is 4.79 Å². The highest BCUT2D eigenvalue weighted by molar-refractivity contribution is 5.88. The van der Waals surface area contributed by atoms with Gasteiger partial charge in [0.05, 0.1) is 0 Å². The number of nitrogens with two attached hydrogens (primary N) is 1. The molecule has 0 rings (SSSR count). The van der Waals surface area contributed by atoms with Crippen LogP contribution in [0.4, 0.5) is 0 Å². The average molecular weight is 213 g/mol. The molecule has 88 valence electrons. The Morgan fingerprint density at radius 1 is 1.07 bits per heavy atom. The summed E-state index contributed by atoms with van der Waals surface area (Å²) in [5.74, 6) is 0.402. The summed E-state index contributed by atoms with van der Waals surface area (Å²) in [7, 11) is 0. The van der Waals surface area contributed by atoms with Crippen molar-refractivity contribution < 1.29 is 9.53 Å². The van der Waals surface area contributed by atoms with Gasteiger partial charge in [0.2, 0.25) is 0 Å². The normalized spacial score (nSPS) is 12.9. The van der Waals surface area contributed by atoms with Gasteiger partial charge in [-0.3, -0.25) is 5.73 Å². The standard InChI is InChI=1S/C12H23NO2/c1-7(2)11(8(3)4)9(5)12(14)15-10(6)13/h7-8,10H,13H2,1-6H3. The second kappa shape index (κ2) is 5.91. The van der Waals surface area contributed by atoms with E-state index >= 15 is 0 Å². The van der Waals surface area contributed by atoms with E-state index < -0.39 is 6.23 Å². The fraction of sp³-hybridized carbons (Fsp3) is 0.750. The molecule has 0 radical (unpaired) electrons. The Bertz CT molecular complexity index is 242. The summed E-state index contributed by atoms with van der Waals surface area (Å²) in [5.41, 5.74) is 7.25. The highest BCUT2D eigenvalue weighted by Gasteiger charge is 2.18. The van der Waals surface area contributed by atoms with Crippen molar-refractivity contribution in [3.05, 3.63) is 11.1 Å². The molecule has 0 aliphatic heterocycles. The summed E-state index contributed by atoms with van der Waals surface area (Å²) in [4.78, 5) is 11.6. The zero-order valence-corrected chi connectivity index (χ0v) is 10.6. The van der Waals surface area contributed by atoms with Gasteiger partial charge in [0.1, 0.15) is 6.23 Å². The van der Waals surface area contributed by atoms with Crippen molar-refractivity contribution in [2.24, 2.45) is 17.6 Å². The van der Waals surface area contributed by atoms with Gasteiger partial charge in [0.25, 0.3) is 0 Å². The SMILES string of the molecule is CC(C(=O)OC(C)N)=C(C(C)C)C(C)C. The van der Waals surface area contributed by atoms with Crippen LogP contribution in [0.5, 0.6) is 0 Å². The molecule has 0 saturated heterocycles. The maximum Gasteiger partial charge on any atom is 0.335 e. The smallest absolute Gasteiger partial charge is 0.335 e. The molecule has 0 aromatic rings. The third kappa shape index (κ3) is 4.47. The quantitative estimate of drug-likeness (QED) is 0.443. The summed E-state index contributed by atoms with van der Waals surface area (Å²) in [6, 6.07) is 0. The topological polar surface area (TPSA) is 52.3 Å². The zero-order chi connectivity index (χ0) is 12.2. The molecule has 3 heteroatoms. The number of carbonyl (C=O) groups excluding carboxylic acids is 1. The molecule has 1 unspecified atom stereocenters. The molecule has 0 fully saturated rings. The van der Waals surface area contributed by atoms with E-state index in [1.165, 1.54) is 0 Å². The van der Waals surface area contributed by atoms with Crippen molar-refractivity contribution in [3.63, 3.8) is 0 Å². The third-order valence-corrected chi connectivity index (χ3v) is 2.28. The molecule has 0 saturated carbocycles. The molecule has 0 spiro atoms. The summed E-state index contributed by atoms with van der Waals surface area (Å²) >= 11 is 0. The first kappa shape index (κ1) is 14.2. The van der Waals surface area contributed by atoms with Crippen LogP contribution in [0.2, 0.25) is 0 Å². The third-order valence-electron chi connectivity index (χ3n) is 2.28. The summed E-state index contributed by atoms with van der Waals surface area (Å²) < 4.78 is 4.97. The van der Waals surface area contributed by atoms with E-state index in [2.05, 4.69) is 27.7 Å². The van der Waals surface area contributed by atoms with Crippen molar-refractivity contribution >= 4 is 5.97 Å². The van der Waals surface area contributed by atoms with E-state index in [1.807, 2.05) is 0 Å². The monoisotopic (exact) mass is 213 g/mol. The second-order valence-corrected chi connectivity index (χ2v) is 4.50. The fourth-order valence-electron chi connectivity index (χ4n) is 1.91. The van der Waals surface area contributed by atoms with E-state index in [4.69, 9.17) is 10.5 Å². The Balaban J connectivity index is 4.93. The van der Waals surface area contributed by atoms with Crippen LogP contribution in [-0.2, 0) is 9.53 Å². The lowest BCUT2D eigenvalue weighted by Gasteiger charge is -2.19. The van der Waals surface area contributed by atoms with Crippen molar-refractivity contribution in [3.8, 4) is 0 Å². The van der Waals surface area contributed by atoms with Crippen LogP contribution in [-0.4, -0.2) is 12.2 Å². The molecule has 0 aromatic carbocycles. The van der Waals surface area contributed by atoms with Crippen LogP contribution in [0.15, 0.2) is 11.1 Å². The number of hydrogen-bond acceptors (Lipinski definition) is 3. The molecule has 0 aliphatic rings. The fourth-order valence-corrected chi connectivity index (χ4v) is 1.91. The summed E-state index contributed by atoms with van der Waals surface area (Å²) in [5, 5.41) is 0. The Labute approximate surface area is 92.7 Å². The number of rotatable bonds is 4. The van der Waals surface area contributed by atoms with Gasteiger partial charge in [0.15, 0.2) is 0 Å². The van der Waals surface area contributed by atoms with Crippen molar-refractivity contribution in [1.29, 1.82) is 0 Å². The van der Waals surface area contributed by atoms with E-state index in [-0.39, 0.29) is 5.97 Å². The molecule has 1 atom stereocenters. The Morgan fingerprint density at radius 3 is 1.73 bits per heavy atom. The van der Waals surface area contributed by atoms with Crippen LogP contribution < -0.4 is 5.73 Å². The molecule has 0 bridgehead atoms. The van der Waals surface area contributed by atoms with Gasteiger partial charge in [-0.25, -0.2) is 4.79 Å². The number of allylic oxidation sites excluding steroid dienone is 1. The Morgan fingerprint density at radius 2 is 1.47 bits per heavy atom. The van der Waals surface area contributed by atoms with Crippen LogP contribution >= 0.6 is 0 Å². The van der Waals surface area contributed by atoms with Crippen molar-refractivity contribution in [2.45, 2.75) is 47.8 Å². The van der Waals surface area contributed by atoms with Gasteiger partial charge < -0.3 is 4.74 Å². The number of hydrogen-bond donors (Lipinski definition) is 1. The van der Waals surface area contributed by atoms with Crippen molar-refractivity contribution in [1.82, 2.24) is 0 Å². The first-order valence-corrected chi connectivity index (χ1v) is 5.44. The van der Waals surface area contributed by atoms with Crippen LogP contribution in [0.1, 0.15) is 41.5 Å². The molecule has 0 aromatic heterocycles. The maximum atomic E-state index is 11.6. The lowest BCUT2D eigenvalue weighted by Crippen LogP contribution is -2.25. The number of carbonyl (C=O) groups is 1. The number of esters is 1. The minimum Gasteiger partial charge on any atom is -0.444 e. The van der Waals surface area contributed by atoms with Gasteiger partial charge >= 0.3 is 5.97 Å². The van der Waals surface area contributed by atoms with Gasteiger partial charge in [-0.1, -0.05) is 33.3 Å². The van der Waals surface area contributed by atoms with Crippen LogP contribution in [0.3, 0.4) is 0 Å². The van der Waals surface area contributed by atoms with Gasteiger partial charge in [-0.05, 0) is 25.7 Å². The van der Waals surface area contributed by atoms with E-state index in [0.29, 0.717) is 17.4 Å². The second-order valence-electron chi connectivity index (χ2n) is 4.50. The van der Waals surface area contributed by atoms with Gasteiger partial charge in [-0.2, -0.15) is 0 Å².